The fraction of sp³-hybridized carbons (Fsp3) is 0.118. The van der Waals surface area contributed by atoms with Crippen LogP contribution in [-0.2, 0) is 9.59 Å². The van der Waals surface area contributed by atoms with Crippen LogP contribution in [0.1, 0.15) is 0 Å². The lowest BCUT2D eigenvalue weighted by molar-refractivity contribution is -0.133. The molecule has 10 nitrogen and oxygen atoms in total. The predicted octanol–water partition coefficient (Wildman–Crippen LogP) is 1.52. The first kappa shape index (κ1) is 17.9. The molecule has 0 spiro atoms. The fourth-order valence-corrected chi connectivity index (χ4v) is 2.54. The van der Waals surface area contributed by atoms with Gasteiger partial charge in [0.05, 0.1) is 25.9 Å². The molecule has 138 valence electrons. The molecule has 0 bridgehead atoms. The van der Waals surface area contributed by atoms with Gasteiger partial charge in [0.1, 0.15) is 17.2 Å². The summed E-state index contributed by atoms with van der Waals surface area (Å²) in [5, 5.41) is 18.6. The van der Waals surface area contributed by atoms with E-state index < -0.39 is 17.6 Å². The summed E-state index contributed by atoms with van der Waals surface area (Å²) in [6, 6.07) is 4.86. The van der Waals surface area contributed by atoms with E-state index >= 15 is 0 Å². The molecule has 3 rings (SSSR count). The molecule has 2 heterocycles. The van der Waals surface area contributed by atoms with Gasteiger partial charge >= 0.3 is 11.9 Å². The highest BCUT2D eigenvalue weighted by atomic mass is 16.5. The number of rotatable bonds is 6. The highest BCUT2D eigenvalue weighted by Crippen LogP contribution is 2.35. The predicted molar refractivity (Wildman–Crippen MR) is 93.4 cm³/mol. The van der Waals surface area contributed by atoms with Crippen LogP contribution >= 0.6 is 0 Å². The molecule has 0 aliphatic carbocycles. The van der Waals surface area contributed by atoms with Crippen LogP contribution in [0.2, 0.25) is 0 Å². The van der Waals surface area contributed by atoms with Crippen LogP contribution in [0.4, 0.5) is 0 Å². The topological polar surface area (TPSA) is 137 Å². The summed E-state index contributed by atoms with van der Waals surface area (Å²) in [4.78, 5) is 35.4. The smallest absolute Gasteiger partial charge is 0.353 e. The first-order chi connectivity index (χ1) is 13.0. The maximum Gasteiger partial charge on any atom is 0.353 e. The SMILES string of the molecule is COc1ccc(-c2nc3nccnc3n2C(=CC(=O)O)C(=O)O)c(OC)c1. The van der Waals surface area contributed by atoms with Crippen molar-refractivity contribution in [3.05, 3.63) is 36.7 Å². The zero-order valence-corrected chi connectivity index (χ0v) is 14.3. The van der Waals surface area contributed by atoms with E-state index in [1.54, 1.807) is 18.2 Å². The molecule has 27 heavy (non-hydrogen) atoms. The molecular formula is C17H14N4O6. The number of imidazole rings is 1. The van der Waals surface area contributed by atoms with E-state index in [9.17, 15) is 14.7 Å². The summed E-state index contributed by atoms with van der Waals surface area (Å²) in [6.45, 7) is 0. The van der Waals surface area contributed by atoms with Crippen LogP contribution in [0, 0.1) is 0 Å². The van der Waals surface area contributed by atoms with E-state index in [1.807, 2.05) is 0 Å². The second kappa shape index (κ2) is 7.12. The molecule has 2 N–H and O–H groups in total. The van der Waals surface area contributed by atoms with Crippen LogP contribution < -0.4 is 9.47 Å². The first-order valence-corrected chi connectivity index (χ1v) is 7.56. The summed E-state index contributed by atoms with van der Waals surface area (Å²) in [7, 11) is 2.93. The summed E-state index contributed by atoms with van der Waals surface area (Å²) < 4.78 is 11.6. The van der Waals surface area contributed by atoms with Gasteiger partial charge in [-0.15, -0.1) is 0 Å². The van der Waals surface area contributed by atoms with Gasteiger partial charge in [-0.25, -0.2) is 24.5 Å². The Balaban J connectivity index is 2.38. The molecular weight excluding hydrogens is 356 g/mol. The number of carbonyl (C=O) groups is 2. The van der Waals surface area contributed by atoms with Gasteiger partial charge in [-0.2, -0.15) is 0 Å². The van der Waals surface area contributed by atoms with Crippen molar-refractivity contribution < 1.29 is 29.3 Å². The Hall–Kier alpha value is -3.95. The minimum atomic E-state index is -1.46. The molecule has 0 saturated heterocycles. The average Bonchev–Trinajstić information content (AvgIpc) is 3.04. The Bertz CT molecular complexity index is 1070. The van der Waals surface area contributed by atoms with E-state index in [0.29, 0.717) is 23.1 Å². The van der Waals surface area contributed by atoms with Gasteiger partial charge in [-0.05, 0) is 12.1 Å². The lowest BCUT2D eigenvalue weighted by atomic mass is 10.1. The highest BCUT2D eigenvalue weighted by Gasteiger charge is 2.24. The van der Waals surface area contributed by atoms with E-state index in [4.69, 9.17) is 14.6 Å². The van der Waals surface area contributed by atoms with Crippen molar-refractivity contribution in [2.75, 3.05) is 14.2 Å². The summed E-state index contributed by atoms with van der Waals surface area (Å²) in [5.74, 6) is -1.90. The largest absolute Gasteiger partial charge is 0.497 e. The number of carboxylic acid groups (broad SMARTS) is 2. The molecule has 0 amide bonds. The maximum atomic E-state index is 11.7. The Kier molecular flexibility index (Phi) is 4.71. The number of aromatic nitrogens is 4. The minimum absolute atomic E-state index is 0.0975. The number of ether oxygens (including phenoxy) is 2. The Morgan fingerprint density at radius 2 is 1.85 bits per heavy atom. The third-order valence-corrected chi connectivity index (χ3v) is 3.67. The van der Waals surface area contributed by atoms with Crippen molar-refractivity contribution in [2.45, 2.75) is 0 Å². The number of methoxy groups -OCH3 is 2. The summed E-state index contributed by atoms with van der Waals surface area (Å²) in [5.41, 5.74) is 0.122. The third-order valence-electron chi connectivity index (χ3n) is 3.67. The molecule has 0 unspecified atom stereocenters. The van der Waals surface area contributed by atoms with E-state index in [0.717, 1.165) is 4.57 Å². The quantitative estimate of drug-likeness (QED) is 0.619. The Labute approximate surface area is 152 Å². The van der Waals surface area contributed by atoms with Gasteiger partial charge in [-0.3, -0.25) is 4.57 Å². The van der Waals surface area contributed by atoms with Gasteiger partial charge in [0.15, 0.2) is 17.1 Å². The zero-order valence-electron chi connectivity index (χ0n) is 14.3. The molecule has 0 saturated carbocycles. The average molecular weight is 370 g/mol. The number of hydrogen-bond acceptors (Lipinski definition) is 7. The highest BCUT2D eigenvalue weighted by molar-refractivity contribution is 6.15. The monoisotopic (exact) mass is 370 g/mol. The van der Waals surface area contributed by atoms with Crippen LogP contribution in [0.5, 0.6) is 11.5 Å². The van der Waals surface area contributed by atoms with E-state index in [1.165, 1.54) is 26.6 Å². The first-order valence-electron chi connectivity index (χ1n) is 7.56. The van der Waals surface area contributed by atoms with Crippen LogP contribution in [-0.4, -0.2) is 55.9 Å². The molecule has 0 aliphatic heterocycles. The summed E-state index contributed by atoms with van der Waals surface area (Å²) in [6.07, 6.45) is 3.32. The third kappa shape index (κ3) is 3.27. The zero-order chi connectivity index (χ0) is 19.6. The van der Waals surface area contributed by atoms with Crippen molar-refractivity contribution in [1.82, 2.24) is 19.5 Å². The Morgan fingerprint density at radius 1 is 1.11 bits per heavy atom. The molecule has 3 aromatic rings. The number of hydrogen-bond donors (Lipinski definition) is 2. The van der Waals surface area contributed by atoms with E-state index in [-0.39, 0.29) is 17.1 Å². The van der Waals surface area contributed by atoms with Gasteiger partial charge in [-0.1, -0.05) is 0 Å². The number of fused-ring (bicyclic) bond motifs is 1. The molecule has 0 atom stereocenters. The normalized spacial score (nSPS) is 11.4. The van der Waals surface area contributed by atoms with Crippen LogP contribution in [0.15, 0.2) is 36.7 Å². The fourth-order valence-electron chi connectivity index (χ4n) is 2.54. The van der Waals surface area contributed by atoms with Crippen molar-refractivity contribution in [1.29, 1.82) is 0 Å². The molecule has 0 fully saturated rings. The van der Waals surface area contributed by atoms with Crippen molar-refractivity contribution >= 4 is 28.9 Å². The molecule has 1 aromatic carbocycles. The molecule has 0 radical (unpaired) electrons. The minimum Gasteiger partial charge on any atom is -0.497 e. The van der Waals surface area contributed by atoms with Crippen LogP contribution in [0.3, 0.4) is 0 Å². The van der Waals surface area contributed by atoms with Crippen molar-refractivity contribution in [3.63, 3.8) is 0 Å². The van der Waals surface area contributed by atoms with Gasteiger partial charge in [0, 0.05) is 18.5 Å². The number of nitrogens with zero attached hydrogens (tertiary/aromatic N) is 4. The molecule has 0 aliphatic rings. The van der Waals surface area contributed by atoms with Crippen molar-refractivity contribution in [2.24, 2.45) is 0 Å². The van der Waals surface area contributed by atoms with Crippen molar-refractivity contribution in [3.8, 4) is 22.9 Å². The summed E-state index contributed by atoms with van der Waals surface area (Å²) >= 11 is 0. The van der Waals surface area contributed by atoms with Gasteiger partial charge in [0.25, 0.3) is 0 Å². The number of aliphatic carboxylic acids is 2. The number of carboxylic acids is 2. The second-order valence-corrected chi connectivity index (χ2v) is 5.21. The lowest BCUT2D eigenvalue weighted by Gasteiger charge is -2.12. The number of benzene rings is 1. The van der Waals surface area contributed by atoms with Gasteiger partial charge < -0.3 is 19.7 Å². The maximum absolute atomic E-state index is 11.7. The standard InChI is InChI=1S/C17H14N4O6/c1-26-9-3-4-10(12(7-9)27-2)15-20-14-16(19-6-5-18-14)21(15)11(17(24)25)8-13(22)23/h3-8H,1-2H3,(H,22,23)(H,24,25). The van der Waals surface area contributed by atoms with E-state index in [2.05, 4.69) is 15.0 Å². The second-order valence-electron chi connectivity index (χ2n) is 5.21. The molecule has 10 heteroatoms. The lowest BCUT2D eigenvalue weighted by Crippen LogP contribution is -2.12. The Morgan fingerprint density at radius 3 is 2.48 bits per heavy atom. The van der Waals surface area contributed by atoms with Gasteiger partial charge in [0.2, 0.25) is 0 Å². The molecule has 2 aromatic heterocycles. The van der Waals surface area contributed by atoms with Crippen LogP contribution in [0.25, 0.3) is 28.4 Å².